The van der Waals surface area contributed by atoms with E-state index in [1.165, 1.54) is 5.56 Å². The van der Waals surface area contributed by atoms with Crippen LogP contribution in [0.15, 0.2) is 30.5 Å². The second kappa shape index (κ2) is 6.87. The van der Waals surface area contributed by atoms with Crippen molar-refractivity contribution in [1.29, 1.82) is 0 Å². The number of hydrogen-bond acceptors (Lipinski definition) is 5. The Morgan fingerprint density at radius 2 is 2.09 bits per heavy atom. The highest BCUT2D eigenvalue weighted by molar-refractivity contribution is 5.48. The number of rotatable bonds is 6. The van der Waals surface area contributed by atoms with Crippen LogP contribution in [0.1, 0.15) is 23.6 Å². The first-order valence-corrected chi connectivity index (χ1v) is 7.75. The lowest BCUT2D eigenvalue weighted by Crippen LogP contribution is -2.13. The SMILES string of the molecule is COc1cc(CNCc2cc3c(cc2OC)C[C@H](C)O3)ccn1. The quantitative estimate of drug-likeness (QED) is 0.888. The molecule has 0 radical (unpaired) electrons. The van der Waals surface area contributed by atoms with E-state index in [0.717, 1.165) is 35.6 Å². The zero-order valence-electron chi connectivity index (χ0n) is 13.8. The number of hydrogen-bond donors (Lipinski definition) is 1. The molecule has 1 aliphatic heterocycles. The van der Waals surface area contributed by atoms with Gasteiger partial charge >= 0.3 is 0 Å². The summed E-state index contributed by atoms with van der Waals surface area (Å²) in [6, 6.07) is 8.07. The average molecular weight is 314 g/mol. The summed E-state index contributed by atoms with van der Waals surface area (Å²) in [6.45, 7) is 3.52. The molecule has 3 rings (SSSR count). The predicted molar refractivity (Wildman–Crippen MR) is 88.1 cm³/mol. The first-order valence-electron chi connectivity index (χ1n) is 7.75. The van der Waals surface area contributed by atoms with E-state index in [-0.39, 0.29) is 6.10 Å². The minimum absolute atomic E-state index is 0.238. The number of nitrogens with one attached hydrogen (secondary N) is 1. The fourth-order valence-electron chi connectivity index (χ4n) is 2.82. The Bertz CT molecular complexity index is 688. The van der Waals surface area contributed by atoms with Gasteiger partial charge in [0.25, 0.3) is 0 Å². The highest BCUT2D eigenvalue weighted by Crippen LogP contribution is 2.34. The fraction of sp³-hybridized carbons (Fsp3) is 0.389. The summed E-state index contributed by atoms with van der Waals surface area (Å²) in [5, 5.41) is 3.43. The van der Waals surface area contributed by atoms with Gasteiger partial charge in [-0.05, 0) is 30.7 Å². The van der Waals surface area contributed by atoms with Crippen LogP contribution >= 0.6 is 0 Å². The Hall–Kier alpha value is -2.27. The first kappa shape index (κ1) is 15.6. The largest absolute Gasteiger partial charge is 0.496 e. The number of benzene rings is 1. The number of methoxy groups -OCH3 is 2. The summed E-state index contributed by atoms with van der Waals surface area (Å²) in [5.41, 5.74) is 3.44. The first-order chi connectivity index (χ1) is 11.2. The second-order valence-corrected chi connectivity index (χ2v) is 5.71. The van der Waals surface area contributed by atoms with Gasteiger partial charge < -0.3 is 19.5 Å². The zero-order valence-corrected chi connectivity index (χ0v) is 13.8. The van der Waals surface area contributed by atoms with Crippen molar-refractivity contribution >= 4 is 0 Å². The van der Waals surface area contributed by atoms with E-state index in [0.29, 0.717) is 12.4 Å². The van der Waals surface area contributed by atoms with Crippen LogP contribution in [-0.2, 0) is 19.5 Å². The van der Waals surface area contributed by atoms with E-state index in [2.05, 4.69) is 29.4 Å². The molecule has 1 atom stereocenters. The van der Waals surface area contributed by atoms with E-state index >= 15 is 0 Å². The van der Waals surface area contributed by atoms with Crippen LogP contribution in [0.3, 0.4) is 0 Å². The maximum absolute atomic E-state index is 5.83. The lowest BCUT2D eigenvalue weighted by Gasteiger charge is -2.12. The normalized spacial score (nSPS) is 15.9. The molecule has 5 heteroatoms. The van der Waals surface area contributed by atoms with Crippen molar-refractivity contribution in [2.75, 3.05) is 14.2 Å². The maximum Gasteiger partial charge on any atom is 0.213 e. The minimum atomic E-state index is 0.238. The Morgan fingerprint density at radius 3 is 2.87 bits per heavy atom. The van der Waals surface area contributed by atoms with Crippen molar-refractivity contribution in [3.05, 3.63) is 47.2 Å². The lowest BCUT2D eigenvalue weighted by atomic mass is 10.1. The third-order valence-corrected chi connectivity index (χ3v) is 3.95. The summed E-state index contributed by atoms with van der Waals surface area (Å²) in [4.78, 5) is 4.11. The molecule has 0 unspecified atom stereocenters. The van der Waals surface area contributed by atoms with Gasteiger partial charge in [-0.2, -0.15) is 0 Å². The second-order valence-electron chi connectivity index (χ2n) is 5.71. The summed E-state index contributed by atoms with van der Waals surface area (Å²) in [6.07, 6.45) is 2.93. The zero-order chi connectivity index (χ0) is 16.2. The predicted octanol–water partition coefficient (Wildman–Crippen LogP) is 2.71. The van der Waals surface area contributed by atoms with Crippen LogP contribution in [0.5, 0.6) is 17.4 Å². The van der Waals surface area contributed by atoms with Gasteiger partial charge in [0, 0.05) is 42.9 Å². The molecule has 1 N–H and O–H groups in total. The molecule has 1 aromatic carbocycles. The van der Waals surface area contributed by atoms with E-state index in [4.69, 9.17) is 14.2 Å². The van der Waals surface area contributed by atoms with Crippen LogP contribution in [-0.4, -0.2) is 25.3 Å². The molecule has 0 fully saturated rings. The standard InChI is InChI=1S/C18H22N2O3/c1-12-6-14-8-16(21-2)15(9-17(14)23-12)11-19-10-13-4-5-20-18(7-13)22-3/h4-5,7-9,12,19H,6,10-11H2,1-3H3/t12-/m0/s1. The van der Waals surface area contributed by atoms with Gasteiger partial charge in [-0.1, -0.05) is 0 Å². The Labute approximate surface area is 136 Å². The molecule has 0 bridgehead atoms. The molecule has 2 heterocycles. The van der Waals surface area contributed by atoms with E-state index in [1.54, 1.807) is 20.4 Å². The van der Waals surface area contributed by atoms with Crippen LogP contribution in [0.2, 0.25) is 0 Å². The van der Waals surface area contributed by atoms with Gasteiger partial charge in [0.1, 0.15) is 17.6 Å². The molecule has 1 aliphatic rings. The summed E-state index contributed by atoms with van der Waals surface area (Å²) in [7, 11) is 3.33. The number of pyridine rings is 1. The van der Waals surface area contributed by atoms with Crippen molar-refractivity contribution in [3.8, 4) is 17.4 Å². The Balaban J connectivity index is 1.67. The molecule has 23 heavy (non-hydrogen) atoms. The third-order valence-electron chi connectivity index (χ3n) is 3.95. The van der Waals surface area contributed by atoms with Crippen LogP contribution in [0.4, 0.5) is 0 Å². The average Bonchev–Trinajstić information content (AvgIpc) is 2.93. The minimum Gasteiger partial charge on any atom is -0.496 e. The van der Waals surface area contributed by atoms with Crippen molar-refractivity contribution < 1.29 is 14.2 Å². The van der Waals surface area contributed by atoms with Gasteiger partial charge in [0.05, 0.1) is 14.2 Å². The van der Waals surface area contributed by atoms with Crippen LogP contribution < -0.4 is 19.5 Å². The smallest absolute Gasteiger partial charge is 0.213 e. The highest BCUT2D eigenvalue weighted by Gasteiger charge is 2.21. The highest BCUT2D eigenvalue weighted by atomic mass is 16.5. The molecule has 122 valence electrons. The molecule has 2 aromatic rings. The van der Waals surface area contributed by atoms with Gasteiger partial charge in [-0.3, -0.25) is 0 Å². The molecule has 0 saturated heterocycles. The Kier molecular flexibility index (Phi) is 4.67. The summed E-state index contributed by atoms with van der Waals surface area (Å²) in [5.74, 6) is 2.50. The molecule has 0 aliphatic carbocycles. The number of ether oxygens (including phenoxy) is 3. The fourth-order valence-corrected chi connectivity index (χ4v) is 2.82. The maximum atomic E-state index is 5.83. The van der Waals surface area contributed by atoms with Crippen molar-refractivity contribution in [1.82, 2.24) is 10.3 Å². The Morgan fingerprint density at radius 1 is 1.22 bits per heavy atom. The van der Waals surface area contributed by atoms with Crippen LogP contribution in [0, 0.1) is 0 Å². The third kappa shape index (κ3) is 3.56. The monoisotopic (exact) mass is 314 g/mol. The van der Waals surface area contributed by atoms with Gasteiger partial charge in [0.2, 0.25) is 5.88 Å². The van der Waals surface area contributed by atoms with Gasteiger partial charge in [0.15, 0.2) is 0 Å². The number of fused-ring (bicyclic) bond motifs is 1. The topological polar surface area (TPSA) is 52.6 Å². The van der Waals surface area contributed by atoms with Crippen molar-refractivity contribution in [3.63, 3.8) is 0 Å². The lowest BCUT2D eigenvalue weighted by molar-refractivity contribution is 0.254. The van der Waals surface area contributed by atoms with Crippen molar-refractivity contribution in [2.45, 2.75) is 32.5 Å². The molecule has 5 nitrogen and oxygen atoms in total. The number of aromatic nitrogens is 1. The summed E-state index contributed by atoms with van der Waals surface area (Å²) >= 11 is 0. The number of nitrogens with zero attached hydrogens (tertiary/aromatic N) is 1. The van der Waals surface area contributed by atoms with E-state index in [9.17, 15) is 0 Å². The van der Waals surface area contributed by atoms with E-state index < -0.39 is 0 Å². The molecule has 0 saturated carbocycles. The van der Waals surface area contributed by atoms with E-state index in [1.807, 2.05) is 12.1 Å². The molecule has 0 spiro atoms. The van der Waals surface area contributed by atoms with Crippen LogP contribution in [0.25, 0.3) is 0 Å². The molecular formula is C18H22N2O3. The molecule has 0 amide bonds. The summed E-state index contributed by atoms with van der Waals surface area (Å²) < 4.78 is 16.5. The molecule has 1 aromatic heterocycles. The van der Waals surface area contributed by atoms with Gasteiger partial charge in [-0.25, -0.2) is 4.98 Å². The van der Waals surface area contributed by atoms with Crippen molar-refractivity contribution in [2.24, 2.45) is 0 Å². The molecular weight excluding hydrogens is 292 g/mol. The van der Waals surface area contributed by atoms with Gasteiger partial charge in [-0.15, -0.1) is 0 Å².